The van der Waals surface area contributed by atoms with Crippen molar-refractivity contribution < 1.29 is 24.2 Å². The van der Waals surface area contributed by atoms with E-state index >= 15 is 0 Å². The van der Waals surface area contributed by atoms with E-state index < -0.39 is 23.4 Å². The van der Waals surface area contributed by atoms with Crippen LogP contribution in [0.4, 0.5) is 4.39 Å². The zero-order chi connectivity index (χ0) is 17.0. The summed E-state index contributed by atoms with van der Waals surface area (Å²) < 4.78 is 13.2. The van der Waals surface area contributed by atoms with E-state index in [9.17, 15) is 24.2 Å². The van der Waals surface area contributed by atoms with Crippen LogP contribution >= 0.6 is 11.3 Å². The van der Waals surface area contributed by atoms with E-state index in [2.05, 4.69) is 4.98 Å². The topological polar surface area (TPSA) is 90.7 Å². The molecule has 120 valence electrons. The van der Waals surface area contributed by atoms with Crippen molar-refractivity contribution in [3.8, 4) is 11.5 Å². The number of imide groups is 1. The summed E-state index contributed by atoms with van der Waals surface area (Å²) in [6.07, 6.45) is 0. The van der Waals surface area contributed by atoms with Gasteiger partial charge in [-0.1, -0.05) is 12.1 Å². The van der Waals surface area contributed by atoms with Gasteiger partial charge in [0.1, 0.15) is 27.3 Å². The monoisotopic (exact) mass is 344 g/mol. The minimum Gasteiger partial charge on any atom is -0.506 e. The number of carbonyl (C=O) groups is 2. The molecule has 24 heavy (non-hydrogen) atoms. The van der Waals surface area contributed by atoms with Gasteiger partial charge in [0.25, 0.3) is 11.8 Å². The van der Waals surface area contributed by atoms with E-state index in [4.69, 9.17) is 0 Å². The molecule has 1 aliphatic heterocycles. The van der Waals surface area contributed by atoms with E-state index in [1.165, 1.54) is 29.8 Å². The number of aromatic nitrogens is 1. The van der Waals surface area contributed by atoms with Crippen LogP contribution in [0.1, 0.15) is 26.3 Å². The number of halogens is 1. The van der Waals surface area contributed by atoms with Crippen molar-refractivity contribution in [2.24, 2.45) is 0 Å². The van der Waals surface area contributed by atoms with Crippen LogP contribution in [0.2, 0.25) is 0 Å². The van der Waals surface area contributed by atoms with Crippen LogP contribution < -0.4 is 0 Å². The van der Waals surface area contributed by atoms with Gasteiger partial charge in [0.2, 0.25) is 0 Å². The van der Waals surface area contributed by atoms with Gasteiger partial charge in [0.05, 0.1) is 17.6 Å². The predicted octanol–water partition coefficient (Wildman–Crippen LogP) is 2.64. The molecule has 0 fully saturated rings. The number of benzene rings is 2. The number of amides is 2. The Labute approximate surface area is 138 Å². The van der Waals surface area contributed by atoms with Crippen molar-refractivity contribution in [2.45, 2.75) is 6.54 Å². The molecule has 2 amide bonds. The quantitative estimate of drug-likeness (QED) is 0.551. The standard InChI is InChI=1S/C16H9FN2O4S/c17-8-3-1-7(2-4-8)5-19-15(22)9-10(16(19)23)13(21)14-11(12(9)20)18-6-24-14/h1-4,6,20-21H,5H2. The van der Waals surface area contributed by atoms with Gasteiger partial charge in [-0.25, -0.2) is 9.37 Å². The summed E-state index contributed by atoms with van der Waals surface area (Å²) >= 11 is 1.06. The minimum absolute atomic E-state index is 0.0843. The first-order valence-corrected chi connectivity index (χ1v) is 7.78. The van der Waals surface area contributed by atoms with E-state index in [1.807, 2.05) is 0 Å². The van der Waals surface area contributed by atoms with Crippen molar-refractivity contribution in [2.75, 3.05) is 0 Å². The summed E-state index contributed by atoms with van der Waals surface area (Å²) in [6, 6.07) is 5.36. The van der Waals surface area contributed by atoms with E-state index in [1.54, 1.807) is 0 Å². The molecule has 0 bridgehead atoms. The number of phenolic OH excluding ortho intramolecular Hbond substituents is 2. The maximum absolute atomic E-state index is 13.0. The second-order valence-electron chi connectivity index (χ2n) is 5.30. The second kappa shape index (κ2) is 5.00. The number of hydrogen-bond donors (Lipinski definition) is 2. The SMILES string of the molecule is O=C1c2c(c(O)c3scnc3c2O)C(=O)N1Cc1ccc(F)cc1. The lowest BCUT2D eigenvalue weighted by Crippen LogP contribution is -2.29. The number of fused-ring (bicyclic) bond motifs is 2. The van der Waals surface area contributed by atoms with Crippen LogP contribution in [0, 0.1) is 5.82 Å². The first kappa shape index (κ1) is 14.6. The first-order valence-electron chi connectivity index (χ1n) is 6.90. The number of phenols is 2. The molecule has 0 aliphatic carbocycles. The first-order chi connectivity index (χ1) is 11.5. The number of aromatic hydroxyl groups is 2. The van der Waals surface area contributed by atoms with Crippen LogP contribution in [0.5, 0.6) is 11.5 Å². The highest BCUT2D eigenvalue weighted by Crippen LogP contribution is 2.44. The Morgan fingerprint density at radius 2 is 1.67 bits per heavy atom. The number of nitrogens with zero attached hydrogens (tertiary/aromatic N) is 2. The molecule has 0 radical (unpaired) electrons. The Hall–Kier alpha value is -3.00. The largest absolute Gasteiger partial charge is 0.506 e. The molecule has 0 spiro atoms. The molecule has 6 nitrogen and oxygen atoms in total. The lowest BCUT2D eigenvalue weighted by atomic mass is 10.1. The number of thiazole rings is 1. The lowest BCUT2D eigenvalue weighted by Gasteiger charge is -2.13. The van der Waals surface area contributed by atoms with Crippen molar-refractivity contribution in [1.29, 1.82) is 0 Å². The molecule has 0 saturated heterocycles. The average molecular weight is 344 g/mol. The molecule has 2 aromatic carbocycles. The van der Waals surface area contributed by atoms with E-state index in [0.717, 1.165) is 16.2 Å². The third-order valence-electron chi connectivity index (χ3n) is 3.90. The Bertz CT molecular complexity index is 957. The Kier molecular flexibility index (Phi) is 3.04. The maximum Gasteiger partial charge on any atom is 0.265 e. The van der Waals surface area contributed by atoms with Crippen LogP contribution in [0.25, 0.3) is 10.2 Å². The van der Waals surface area contributed by atoms with Crippen molar-refractivity contribution in [1.82, 2.24) is 9.88 Å². The molecule has 0 unspecified atom stereocenters. The van der Waals surface area contributed by atoms with E-state index in [0.29, 0.717) is 5.56 Å². The molecule has 8 heteroatoms. The second-order valence-corrected chi connectivity index (χ2v) is 6.15. The average Bonchev–Trinajstić information content (AvgIpc) is 3.14. The molecule has 2 heterocycles. The predicted molar refractivity (Wildman–Crippen MR) is 83.6 cm³/mol. The fourth-order valence-corrected chi connectivity index (χ4v) is 3.48. The molecule has 0 atom stereocenters. The van der Waals surface area contributed by atoms with Crippen molar-refractivity contribution in [3.05, 3.63) is 52.3 Å². The van der Waals surface area contributed by atoms with Crippen molar-refractivity contribution >= 4 is 33.4 Å². The van der Waals surface area contributed by atoms with Gasteiger partial charge in [0.15, 0.2) is 5.75 Å². The molecule has 0 saturated carbocycles. The summed E-state index contributed by atoms with van der Waals surface area (Å²) in [7, 11) is 0. The van der Waals surface area contributed by atoms with E-state index in [-0.39, 0.29) is 33.6 Å². The van der Waals surface area contributed by atoms with Gasteiger partial charge in [-0.15, -0.1) is 11.3 Å². The summed E-state index contributed by atoms with van der Waals surface area (Å²) in [5.41, 5.74) is 1.56. The molecule has 1 aromatic heterocycles. The molecule has 2 N–H and O–H groups in total. The van der Waals surface area contributed by atoms with Gasteiger partial charge >= 0.3 is 0 Å². The summed E-state index contributed by atoms with van der Waals surface area (Å²) in [4.78, 5) is 29.9. The molecule has 1 aliphatic rings. The van der Waals surface area contributed by atoms with Crippen molar-refractivity contribution in [3.63, 3.8) is 0 Å². The smallest absolute Gasteiger partial charge is 0.265 e. The Balaban J connectivity index is 1.82. The molecular weight excluding hydrogens is 335 g/mol. The highest BCUT2D eigenvalue weighted by Gasteiger charge is 2.42. The third-order valence-corrected chi connectivity index (χ3v) is 4.74. The summed E-state index contributed by atoms with van der Waals surface area (Å²) in [5.74, 6) is -2.63. The van der Waals surface area contributed by atoms with Crippen LogP contribution in [0.15, 0.2) is 29.8 Å². The van der Waals surface area contributed by atoms with Crippen LogP contribution in [0.3, 0.4) is 0 Å². The van der Waals surface area contributed by atoms with Gasteiger partial charge in [-0.2, -0.15) is 0 Å². The zero-order valence-electron chi connectivity index (χ0n) is 12.0. The normalized spacial score (nSPS) is 13.8. The Morgan fingerprint density at radius 3 is 2.33 bits per heavy atom. The highest BCUT2D eigenvalue weighted by atomic mass is 32.1. The number of hydrogen-bond acceptors (Lipinski definition) is 6. The summed E-state index contributed by atoms with van der Waals surface area (Å²) in [6.45, 7) is -0.0907. The fraction of sp³-hybridized carbons (Fsp3) is 0.0625. The zero-order valence-corrected chi connectivity index (χ0v) is 12.8. The third kappa shape index (κ3) is 1.89. The highest BCUT2D eigenvalue weighted by molar-refractivity contribution is 7.17. The van der Waals surface area contributed by atoms with Gasteiger partial charge in [-0.05, 0) is 17.7 Å². The molecule has 4 rings (SSSR count). The summed E-state index contributed by atoms with van der Waals surface area (Å²) in [5, 5.41) is 20.6. The molecule has 3 aromatic rings. The number of carbonyl (C=O) groups excluding carboxylic acids is 2. The lowest BCUT2D eigenvalue weighted by molar-refractivity contribution is 0.0641. The Morgan fingerprint density at radius 1 is 1.04 bits per heavy atom. The van der Waals surface area contributed by atoms with Crippen LogP contribution in [-0.2, 0) is 6.54 Å². The van der Waals surface area contributed by atoms with Crippen LogP contribution in [-0.4, -0.2) is 31.9 Å². The fourth-order valence-electron chi connectivity index (χ4n) is 2.75. The molecular formula is C16H9FN2O4S. The maximum atomic E-state index is 13.0. The van der Waals surface area contributed by atoms with Gasteiger partial charge < -0.3 is 10.2 Å². The van der Waals surface area contributed by atoms with Gasteiger partial charge in [0, 0.05) is 0 Å². The van der Waals surface area contributed by atoms with Gasteiger partial charge in [-0.3, -0.25) is 14.5 Å². The number of rotatable bonds is 2. The minimum atomic E-state index is -0.720.